The zero-order chi connectivity index (χ0) is 22.6. The number of carbonyl (C=O) groups excluding carboxylic acids is 1. The molecular weight excluding hydrogens is 448 g/mol. The van der Waals surface area contributed by atoms with Crippen LogP contribution < -0.4 is 10.2 Å². The van der Waals surface area contributed by atoms with Gasteiger partial charge in [-0.05, 0) is 49.1 Å². The van der Waals surface area contributed by atoms with E-state index < -0.39 is 22.0 Å². The number of nitrogens with one attached hydrogen (secondary N) is 2. The van der Waals surface area contributed by atoms with E-state index in [1.54, 1.807) is 23.3 Å². The molecule has 3 N–H and O–H groups in total. The van der Waals surface area contributed by atoms with Gasteiger partial charge in [-0.15, -0.1) is 0 Å². The monoisotopic (exact) mass is 474 g/mol. The maximum Gasteiger partial charge on any atom is 0.261 e. The Labute approximate surface area is 191 Å². The topological polar surface area (TPSA) is 109 Å². The molecule has 2 aromatic carbocycles. The Morgan fingerprint density at radius 3 is 2.69 bits per heavy atom. The zero-order valence-electron chi connectivity index (χ0n) is 17.5. The molecule has 0 fully saturated rings. The molecule has 0 bridgehead atoms. The molecular formula is C23H26N2O5S2. The average Bonchev–Trinajstić information content (AvgIpc) is 3.19. The Bertz CT molecular complexity index is 1190. The van der Waals surface area contributed by atoms with E-state index >= 15 is 0 Å². The third kappa shape index (κ3) is 5.17. The van der Waals surface area contributed by atoms with Crippen molar-refractivity contribution in [3.8, 4) is 0 Å². The molecule has 0 unspecified atom stereocenters. The summed E-state index contributed by atoms with van der Waals surface area (Å²) in [5.41, 5.74) is 4.42. The van der Waals surface area contributed by atoms with Gasteiger partial charge in [-0.25, -0.2) is 13.9 Å². The summed E-state index contributed by atoms with van der Waals surface area (Å²) in [6.45, 7) is 0. The van der Waals surface area contributed by atoms with Crippen LogP contribution in [0.4, 0.5) is 0 Å². The van der Waals surface area contributed by atoms with Gasteiger partial charge in [0.15, 0.2) is 0 Å². The molecule has 0 saturated carbocycles. The van der Waals surface area contributed by atoms with Gasteiger partial charge < -0.3 is 4.42 Å². The van der Waals surface area contributed by atoms with E-state index in [0.717, 1.165) is 53.7 Å². The Morgan fingerprint density at radius 2 is 1.91 bits per heavy atom. The molecule has 0 spiro atoms. The van der Waals surface area contributed by atoms with Crippen LogP contribution in [-0.2, 0) is 33.4 Å². The number of fused-ring (bicyclic) bond motifs is 3. The number of amides is 1. The zero-order valence-corrected chi connectivity index (χ0v) is 19.2. The highest BCUT2D eigenvalue weighted by Gasteiger charge is 2.27. The molecule has 1 aliphatic rings. The summed E-state index contributed by atoms with van der Waals surface area (Å²) < 4.78 is 34.3. The summed E-state index contributed by atoms with van der Waals surface area (Å²) in [6.07, 6.45) is 4.21. The molecule has 1 heterocycles. The van der Waals surface area contributed by atoms with Crippen molar-refractivity contribution in [3.63, 3.8) is 0 Å². The second kappa shape index (κ2) is 10.1. The van der Waals surface area contributed by atoms with Gasteiger partial charge in [0.2, 0.25) is 10.0 Å². The molecule has 0 saturated heterocycles. The maximum atomic E-state index is 13.0. The van der Waals surface area contributed by atoms with Gasteiger partial charge in [0, 0.05) is 29.2 Å². The SMILES string of the molecule is O=C(NO)[C@H](CCSCc1ccccc1)NS(=O)(=O)c1ccc2c3c(oc2c1)CCCC3. The first-order valence-corrected chi connectivity index (χ1v) is 13.2. The highest BCUT2D eigenvalue weighted by molar-refractivity contribution is 7.98. The average molecular weight is 475 g/mol. The normalized spacial score (nSPS) is 14.8. The predicted molar refractivity (Wildman–Crippen MR) is 124 cm³/mol. The third-order valence-corrected chi connectivity index (χ3v) is 8.16. The lowest BCUT2D eigenvalue weighted by atomic mass is 9.96. The summed E-state index contributed by atoms with van der Waals surface area (Å²) in [5.74, 6) is 1.44. The summed E-state index contributed by atoms with van der Waals surface area (Å²) in [4.78, 5) is 12.1. The fourth-order valence-electron chi connectivity index (χ4n) is 3.95. The number of benzene rings is 2. The Hall–Kier alpha value is -2.33. The van der Waals surface area contributed by atoms with Gasteiger partial charge >= 0.3 is 0 Å². The van der Waals surface area contributed by atoms with Crippen molar-refractivity contribution in [3.05, 3.63) is 65.4 Å². The third-order valence-electron chi connectivity index (χ3n) is 5.63. The van der Waals surface area contributed by atoms with Gasteiger partial charge in [0.25, 0.3) is 5.91 Å². The quantitative estimate of drug-likeness (QED) is 0.247. The van der Waals surface area contributed by atoms with Crippen LogP contribution in [0.5, 0.6) is 0 Å². The van der Waals surface area contributed by atoms with Crippen molar-refractivity contribution in [1.29, 1.82) is 0 Å². The van der Waals surface area contributed by atoms with Gasteiger partial charge in [0.05, 0.1) is 4.90 Å². The van der Waals surface area contributed by atoms with Crippen molar-refractivity contribution in [1.82, 2.24) is 10.2 Å². The van der Waals surface area contributed by atoms with E-state index in [1.807, 2.05) is 30.3 Å². The summed E-state index contributed by atoms with van der Waals surface area (Å²) in [6, 6.07) is 13.6. The van der Waals surface area contributed by atoms with Crippen LogP contribution in [0.1, 0.15) is 36.1 Å². The number of aryl methyl sites for hydroxylation is 2. The van der Waals surface area contributed by atoms with Crippen LogP contribution >= 0.6 is 11.8 Å². The first-order chi connectivity index (χ1) is 15.5. The van der Waals surface area contributed by atoms with E-state index in [-0.39, 0.29) is 11.3 Å². The standard InChI is InChI=1S/C23H26N2O5S2/c26-23(24-27)20(12-13-31-15-16-6-2-1-3-7-16)25-32(28,29)17-10-11-19-18-8-4-5-9-21(18)30-22(19)14-17/h1-3,6-7,10-11,14,20,25,27H,4-5,8-9,12-13,15H2,(H,24,26)/t20-/m0/s1. The van der Waals surface area contributed by atoms with Crippen LogP contribution in [0.15, 0.2) is 57.8 Å². The molecule has 7 nitrogen and oxygen atoms in total. The lowest BCUT2D eigenvalue weighted by Gasteiger charge is -2.17. The molecule has 9 heteroatoms. The van der Waals surface area contributed by atoms with Crippen molar-refractivity contribution in [2.45, 2.75) is 48.8 Å². The number of hydrogen-bond acceptors (Lipinski definition) is 6. The minimum Gasteiger partial charge on any atom is -0.461 e. The Kier molecular flexibility index (Phi) is 7.20. The van der Waals surface area contributed by atoms with Crippen LogP contribution in [0.3, 0.4) is 0 Å². The number of carbonyl (C=O) groups is 1. The van der Waals surface area contributed by atoms with Crippen molar-refractivity contribution < 1.29 is 22.8 Å². The van der Waals surface area contributed by atoms with Crippen molar-refractivity contribution in [2.24, 2.45) is 0 Å². The number of thioether (sulfide) groups is 1. The van der Waals surface area contributed by atoms with Gasteiger partial charge in [0.1, 0.15) is 17.4 Å². The molecule has 1 aliphatic carbocycles. The predicted octanol–water partition coefficient (Wildman–Crippen LogP) is 3.79. The first-order valence-electron chi connectivity index (χ1n) is 10.6. The Morgan fingerprint density at radius 1 is 1.12 bits per heavy atom. The second-order valence-corrected chi connectivity index (χ2v) is 10.7. The van der Waals surface area contributed by atoms with Crippen LogP contribution in [0.2, 0.25) is 0 Å². The van der Waals surface area contributed by atoms with E-state index in [0.29, 0.717) is 11.3 Å². The minimum atomic E-state index is -3.99. The number of hydroxylamine groups is 1. The van der Waals surface area contributed by atoms with E-state index in [2.05, 4.69) is 4.72 Å². The molecule has 1 atom stereocenters. The first kappa shape index (κ1) is 22.8. The molecule has 3 aromatic rings. The van der Waals surface area contributed by atoms with Crippen molar-refractivity contribution in [2.75, 3.05) is 5.75 Å². The smallest absolute Gasteiger partial charge is 0.261 e. The summed E-state index contributed by atoms with van der Waals surface area (Å²) >= 11 is 1.59. The highest BCUT2D eigenvalue weighted by atomic mass is 32.2. The number of sulfonamides is 1. The fourth-order valence-corrected chi connectivity index (χ4v) is 6.17. The highest BCUT2D eigenvalue weighted by Crippen LogP contribution is 2.33. The summed E-state index contributed by atoms with van der Waals surface area (Å²) in [7, 11) is -3.99. The fraction of sp³-hybridized carbons (Fsp3) is 0.348. The molecule has 32 heavy (non-hydrogen) atoms. The molecule has 4 rings (SSSR count). The van der Waals surface area contributed by atoms with Gasteiger partial charge in [-0.1, -0.05) is 30.3 Å². The largest absolute Gasteiger partial charge is 0.461 e. The van der Waals surface area contributed by atoms with Crippen LogP contribution in [0, 0.1) is 0 Å². The molecule has 0 radical (unpaired) electrons. The number of hydrogen-bond donors (Lipinski definition) is 3. The van der Waals surface area contributed by atoms with E-state index in [4.69, 9.17) is 9.62 Å². The van der Waals surface area contributed by atoms with E-state index in [9.17, 15) is 13.2 Å². The molecule has 1 amide bonds. The second-order valence-electron chi connectivity index (χ2n) is 7.85. The lowest BCUT2D eigenvalue weighted by molar-refractivity contribution is -0.130. The lowest BCUT2D eigenvalue weighted by Crippen LogP contribution is -2.46. The number of furan rings is 1. The summed E-state index contributed by atoms with van der Waals surface area (Å²) in [5, 5.41) is 10.0. The molecule has 1 aromatic heterocycles. The maximum absolute atomic E-state index is 13.0. The van der Waals surface area contributed by atoms with Gasteiger partial charge in [-0.2, -0.15) is 16.5 Å². The van der Waals surface area contributed by atoms with Crippen molar-refractivity contribution >= 4 is 38.7 Å². The van der Waals surface area contributed by atoms with Gasteiger partial charge in [-0.3, -0.25) is 10.0 Å². The van der Waals surface area contributed by atoms with E-state index in [1.165, 1.54) is 12.1 Å². The number of rotatable bonds is 9. The van der Waals surface area contributed by atoms with Crippen LogP contribution in [-0.4, -0.2) is 31.3 Å². The van der Waals surface area contributed by atoms with Crippen LogP contribution in [0.25, 0.3) is 11.0 Å². The molecule has 0 aliphatic heterocycles. The minimum absolute atomic E-state index is 0.0313. The Balaban J connectivity index is 1.45. The molecule has 170 valence electrons.